The van der Waals surface area contributed by atoms with Gasteiger partial charge in [0.2, 0.25) is 0 Å². The molecule has 22 valence electrons. The molecule has 0 amide bonds. The van der Waals surface area contributed by atoms with Gasteiger partial charge in [-0.1, -0.05) is 0 Å². The third-order valence-corrected chi connectivity index (χ3v) is 0. The average Bonchev–Trinajstić information content (AvgIpc) is 1.00. The molecular formula is H2FKO2. The van der Waals surface area contributed by atoms with Crippen LogP contribution >= 0.6 is 0 Å². The van der Waals surface area contributed by atoms with Crippen molar-refractivity contribution < 1.29 is 66.6 Å². The van der Waals surface area contributed by atoms with Crippen LogP contribution in [0.2, 0.25) is 0 Å². The van der Waals surface area contributed by atoms with Gasteiger partial charge in [-0.3, -0.25) is 10.5 Å². The Morgan fingerprint density at radius 3 is 1.00 bits per heavy atom. The molecule has 2 N–H and O–H groups in total. The number of rotatable bonds is 0. The monoisotopic (exact) mass is 92.0 g/mol. The Hall–Kier alpha value is 1.49. The van der Waals surface area contributed by atoms with Crippen molar-refractivity contribution in [2.75, 3.05) is 0 Å². The van der Waals surface area contributed by atoms with Gasteiger partial charge in [0, 0.05) is 0 Å². The van der Waals surface area contributed by atoms with E-state index in [4.69, 9.17) is 10.5 Å². The van der Waals surface area contributed by atoms with Gasteiger partial charge in [-0.05, 0) is 0 Å². The maximum Gasteiger partial charge on any atom is 1.00 e. The summed E-state index contributed by atoms with van der Waals surface area (Å²) < 4.78 is 0. The van der Waals surface area contributed by atoms with Crippen LogP contribution in [0.4, 0.5) is 0 Å². The van der Waals surface area contributed by atoms with E-state index < -0.39 is 0 Å². The van der Waals surface area contributed by atoms with Gasteiger partial charge < -0.3 is 4.70 Å². The van der Waals surface area contributed by atoms with Gasteiger partial charge in [0.15, 0.2) is 0 Å². The van der Waals surface area contributed by atoms with Gasteiger partial charge in [-0.25, -0.2) is 0 Å². The molecule has 0 saturated heterocycles. The topological polar surface area (TPSA) is 40.5 Å². The second-order valence-corrected chi connectivity index (χ2v) is 0. The van der Waals surface area contributed by atoms with Crippen molar-refractivity contribution >= 4 is 0 Å². The van der Waals surface area contributed by atoms with E-state index >= 15 is 0 Å². The number of hydrogen-bond donors (Lipinski definition) is 2. The molecule has 0 atom stereocenters. The first-order valence-corrected chi connectivity index (χ1v) is 0.200. The third-order valence-electron chi connectivity index (χ3n) is 0. The van der Waals surface area contributed by atoms with Crippen LogP contribution in [-0.2, 0) is 0 Å². The molecule has 0 aliphatic carbocycles. The van der Waals surface area contributed by atoms with Gasteiger partial charge in [-0.2, -0.15) is 0 Å². The normalized spacial score (nSPS) is 1.50. The summed E-state index contributed by atoms with van der Waals surface area (Å²) in [6, 6.07) is 0. The second kappa shape index (κ2) is 24.7. The van der Waals surface area contributed by atoms with Gasteiger partial charge >= 0.3 is 51.4 Å². The molecule has 0 fully saturated rings. The average molecular weight is 92.1 g/mol. The van der Waals surface area contributed by atoms with Crippen LogP contribution in [0.15, 0.2) is 0 Å². The fraction of sp³-hybridized carbons (Fsp3) is 0. The summed E-state index contributed by atoms with van der Waals surface area (Å²) >= 11 is 0. The summed E-state index contributed by atoms with van der Waals surface area (Å²) in [5.74, 6) is 0. The van der Waals surface area contributed by atoms with Gasteiger partial charge in [0.1, 0.15) is 0 Å². The van der Waals surface area contributed by atoms with Crippen LogP contribution in [0.1, 0.15) is 0 Å². The zero-order valence-electron chi connectivity index (χ0n) is 2.27. The fourth-order valence-corrected chi connectivity index (χ4v) is 0. The van der Waals surface area contributed by atoms with Crippen molar-refractivity contribution in [2.45, 2.75) is 0 Å². The quantitative estimate of drug-likeness (QED) is 0.177. The van der Waals surface area contributed by atoms with Crippen LogP contribution in [0.5, 0.6) is 0 Å². The largest absolute Gasteiger partial charge is 1.00 e. The van der Waals surface area contributed by atoms with Crippen LogP contribution in [-0.4, -0.2) is 10.5 Å². The van der Waals surface area contributed by atoms with E-state index in [0.29, 0.717) is 0 Å². The predicted molar refractivity (Wildman–Crippen MR) is 5.26 cm³/mol. The molecule has 2 nitrogen and oxygen atoms in total. The van der Waals surface area contributed by atoms with Crippen LogP contribution < -0.4 is 56.1 Å². The van der Waals surface area contributed by atoms with Crippen molar-refractivity contribution in [2.24, 2.45) is 0 Å². The summed E-state index contributed by atoms with van der Waals surface area (Å²) in [6.45, 7) is 0. The predicted octanol–water partition coefficient (Wildman–Crippen LogP) is -5.97. The molecule has 0 aromatic carbocycles. The SMILES string of the molecule is OO.[F-].[K+]. The molecule has 0 rings (SSSR count). The van der Waals surface area contributed by atoms with Crippen molar-refractivity contribution in [1.29, 1.82) is 0 Å². The second-order valence-electron chi connectivity index (χ2n) is 0. The molecule has 0 saturated carbocycles. The minimum Gasteiger partial charge on any atom is -1.00 e. The molecule has 0 bridgehead atoms. The standard InChI is InChI=1S/FH.K.H2O2/c;;1-2/h1H;;1-2H/q;+1;/p-1. The number of halogens is 1. The van der Waals surface area contributed by atoms with Crippen molar-refractivity contribution in [3.05, 3.63) is 0 Å². The van der Waals surface area contributed by atoms with Crippen molar-refractivity contribution in [3.8, 4) is 0 Å². The van der Waals surface area contributed by atoms with Crippen LogP contribution in [0.3, 0.4) is 0 Å². The summed E-state index contributed by atoms with van der Waals surface area (Å²) in [4.78, 5) is 0. The minimum atomic E-state index is 0. The van der Waals surface area contributed by atoms with Crippen LogP contribution in [0.25, 0.3) is 0 Å². The van der Waals surface area contributed by atoms with E-state index in [0.717, 1.165) is 0 Å². The first-order valence-electron chi connectivity index (χ1n) is 0.200. The molecule has 0 aromatic heterocycles. The summed E-state index contributed by atoms with van der Waals surface area (Å²) in [5, 5.41) is 12.0. The molecule has 0 spiro atoms. The molecule has 0 radical (unpaired) electrons. The minimum absolute atomic E-state index is 0. The van der Waals surface area contributed by atoms with E-state index in [9.17, 15) is 0 Å². The van der Waals surface area contributed by atoms with E-state index in [2.05, 4.69) is 0 Å². The first-order chi connectivity index (χ1) is 1.00. The fourth-order valence-electron chi connectivity index (χ4n) is 0. The first kappa shape index (κ1) is 17.9. The molecule has 0 aliphatic rings. The zero-order chi connectivity index (χ0) is 2.00. The Labute approximate surface area is 65.5 Å². The van der Waals surface area contributed by atoms with Crippen molar-refractivity contribution in [3.63, 3.8) is 0 Å². The van der Waals surface area contributed by atoms with Gasteiger partial charge in [0.25, 0.3) is 0 Å². The Bertz CT molecular complexity index is 6.00. The molecule has 0 heterocycles. The van der Waals surface area contributed by atoms with Gasteiger partial charge in [-0.15, -0.1) is 0 Å². The van der Waals surface area contributed by atoms with E-state index in [-0.39, 0.29) is 56.1 Å². The molecule has 0 aromatic rings. The molecule has 4 heavy (non-hydrogen) atoms. The Balaban J connectivity index is -0.00000000500. The molecular weight excluding hydrogens is 90.1 g/mol. The summed E-state index contributed by atoms with van der Waals surface area (Å²) in [6.07, 6.45) is 0. The van der Waals surface area contributed by atoms with Gasteiger partial charge in [0.05, 0.1) is 0 Å². The van der Waals surface area contributed by atoms with Crippen LogP contribution in [0, 0.1) is 0 Å². The summed E-state index contributed by atoms with van der Waals surface area (Å²) in [5.41, 5.74) is 0. The Morgan fingerprint density at radius 2 is 1.00 bits per heavy atom. The Morgan fingerprint density at radius 1 is 1.00 bits per heavy atom. The number of hydrogen-bond acceptors (Lipinski definition) is 2. The summed E-state index contributed by atoms with van der Waals surface area (Å²) in [7, 11) is 0. The maximum absolute atomic E-state index is 6.00. The molecule has 0 unspecified atom stereocenters. The zero-order valence-corrected chi connectivity index (χ0v) is 5.40. The smallest absolute Gasteiger partial charge is 1.00 e. The maximum atomic E-state index is 6.00. The molecule has 0 aliphatic heterocycles. The van der Waals surface area contributed by atoms with E-state index in [1.807, 2.05) is 0 Å². The van der Waals surface area contributed by atoms with E-state index in [1.165, 1.54) is 0 Å². The van der Waals surface area contributed by atoms with Crippen molar-refractivity contribution in [1.82, 2.24) is 0 Å². The Kier molecular flexibility index (Phi) is 110. The third kappa shape index (κ3) is 9.76. The van der Waals surface area contributed by atoms with E-state index in [1.54, 1.807) is 0 Å². The molecule has 4 heteroatoms.